The van der Waals surface area contributed by atoms with E-state index in [1.807, 2.05) is 29.4 Å². The first-order chi connectivity index (χ1) is 4.97. The maximum Gasteiger partial charge on any atom is 0.0826 e. The monoisotopic (exact) mass is 150 g/mol. The number of nitrogens with one attached hydrogen (secondary N) is 1. The van der Waals surface area contributed by atoms with Crippen LogP contribution >= 0.6 is 11.3 Å². The molecule has 0 bridgehead atoms. The third-order valence-corrected chi connectivity index (χ3v) is 1.91. The van der Waals surface area contributed by atoms with E-state index < -0.39 is 0 Å². The maximum absolute atomic E-state index is 4.16. The Morgan fingerprint density at radius 1 is 1.50 bits per heavy atom. The molecule has 0 saturated heterocycles. The van der Waals surface area contributed by atoms with E-state index in [4.69, 9.17) is 0 Å². The first-order valence-electron chi connectivity index (χ1n) is 2.98. The van der Waals surface area contributed by atoms with Crippen molar-refractivity contribution in [2.24, 2.45) is 0 Å². The minimum Gasteiger partial charge on any atom is -0.367 e. The van der Waals surface area contributed by atoms with Crippen LogP contribution in [0, 0.1) is 0 Å². The Labute approximate surface area is 62.6 Å². The molecule has 10 heavy (non-hydrogen) atoms. The summed E-state index contributed by atoms with van der Waals surface area (Å²) in [5.74, 6) is 0. The minimum atomic E-state index is 1.05. The van der Waals surface area contributed by atoms with Gasteiger partial charge in [-0.2, -0.15) is 0 Å². The quantitative estimate of drug-likeness (QED) is 0.662. The highest BCUT2D eigenvalue weighted by atomic mass is 32.1. The maximum atomic E-state index is 4.16. The molecule has 0 atom stereocenters. The van der Waals surface area contributed by atoms with Crippen molar-refractivity contribution in [1.82, 2.24) is 9.97 Å². The molecule has 2 heterocycles. The number of thiazole rings is 1. The van der Waals surface area contributed by atoms with Crippen molar-refractivity contribution >= 4 is 11.3 Å². The van der Waals surface area contributed by atoms with Crippen LogP contribution in [0.4, 0.5) is 0 Å². The third kappa shape index (κ3) is 0.844. The van der Waals surface area contributed by atoms with E-state index in [9.17, 15) is 0 Å². The van der Waals surface area contributed by atoms with E-state index >= 15 is 0 Å². The fraction of sp³-hybridized carbons (Fsp3) is 0. The van der Waals surface area contributed by atoms with Gasteiger partial charge in [-0.3, -0.25) is 0 Å². The van der Waals surface area contributed by atoms with E-state index in [1.54, 1.807) is 11.3 Å². The van der Waals surface area contributed by atoms with Crippen molar-refractivity contribution in [2.45, 2.75) is 0 Å². The summed E-state index contributed by atoms with van der Waals surface area (Å²) < 4.78 is 0. The topological polar surface area (TPSA) is 28.7 Å². The van der Waals surface area contributed by atoms with Gasteiger partial charge in [0.25, 0.3) is 0 Å². The first-order valence-corrected chi connectivity index (χ1v) is 3.92. The fourth-order valence-electron chi connectivity index (χ4n) is 0.838. The normalized spacial score (nSPS) is 10.0. The van der Waals surface area contributed by atoms with Gasteiger partial charge in [-0.25, -0.2) is 4.98 Å². The summed E-state index contributed by atoms with van der Waals surface area (Å²) in [4.78, 5) is 7.14. The highest BCUT2D eigenvalue weighted by Gasteiger charge is 1.96. The Morgan fingerprint density at radius 3 is 3.10 bits per heavy atom. The van der Waals surface area contributed by atoms with Crippen LogP contribution in [0.15, 0.2) is 29.4 Å². The molecular formula is C7H6N2S. The van der Waals surface area contributed by atoms with E-state index in [-0.39, 0.29) is 0 Å². The van der Waals surface area contributed by atoms with Crippen LogP contribution in [0.3, 0.4) is 0 Å². The number of hydrogen-bond acceptors (Lipinski definition) is 2. The van der Waals surface area contributed by atoms with Crippen LogP contribution in [0.1, 0.15) is 0 Å². The van der Waals surface area contributed by atoms with E-state index in [0.717, 1.165) is 11.3 Å². The standard InChI is InChI=1S/C7H6N2S/c1-2-8-3-6(1)7-4-10-5-9-7/h1-5,8H. The lowest BCUT2D eigenvalue weighted by Gasteiger charge is -1.84. The lowest BCUT2D eigenvalue weighted by molar-refractivity contribution is 1.39. The second kappa shape index (κ2) is 2.27. The van der Waals surface area contributed by atoms with Crippen molar-refractivity contribution in [1.29, 1.82) is 0 Å². The van der Waals surface area contributed by atoms with Crippen LogP contribution in [-0.2, 0) is 0 Å². The van der Waals surface area contributed by atoms with Gasteiger partial charge >= 0.3 is 0 Å². The molecule has 0 aliphatic rings. The zero-order valence-electron chi connectivity index (χ0n) is 5.24. The summed E-state index contributed by atoms with van der Waals surface area (Å²) in [6.45, 7) is 0. The van der Waals surface area contributed by atoms with Crippen molar-refractivity contribution in [2.75, 3.05) is 0 Å². The molecular weight excluding hydrogens is 144 g/mol. The molecule has 2 aromatic heterocycles. The number of H-pyrrole nitrogens is 1. The molecule has 0 fully saturated rings. The third-order valence-electron chi connectivity index (χ3n) is 1.33. The van der Waals surface area contributed by atoms with Gasteiger partial charge in [-0.15, -0.1) is 11.3 Å². The first kappa shape index (κ1) is 5.68. The molecule has 0 aliphatic carbocycles. The van der Waals surface area contributed by atoms with E-state index in [2.05, 4.69) is 9.97 Å². The van der Waals surface area contributed by atoms with Gasteiger partial charge in [0, 0.05) is 23.3 Å². The number of aromatic nitrogens is 2. The molecule has 0 aromatic carbocycles. The molecule has 0 spiro atoms. The predicted octanol–water partition coefficient (Wildman–Crippen LogP) is 2.14. The number of nitrogens with zero attached hydrogens (tertiary/aromatic N) is 1. The number of hydrogen-bond donors (Lipinski definition) is 1. The Balaban J connectivity index is 2.48. The summed E-state index contributed by atoms with van der Waals surface area (Å²) >= 11 is 1.61. The van der Waals surface area contributed by atoms with Crippen LogP contribution in [0.2, 0.25) is 0 Å². The van der Waals surface area contributed by atoms with Gasteiger partial charge < -0.3 is 4.98 Å². The average molecular weight is 150 g/mol. The zero-order chi connectivity index (χ0) is 6.81. The lowest BCUT2D eigenvalue weighted by atomic mass is 10.3. The smallest absolute Gasteiger partial charge is 0.0826 e. The molecule has 50 valence electrons. The van der Waals surface area contributed by atoms with Gasteiger partial charge in [0.15, 0.2) is 0 Å². The number of rotatable bonds is 1. The van der Waals surface area contributed by atoms with Crippen LogP contribution in [0.5, 0.6) is 0 Å². The SMILES string of the molecule is c1cc(-c2cscn2)c[nH]1. The molecule has 0 saturated carbocycles. The Kier molecular flexibility index (Phi) is 1.29. The predicted molar refractivity (Wildman–Crippen MR) is 41.9 cm³/mol. The van der Waals surface area contributed by atoms with Crippen LogP contribution in [-0.4, -0.2) is 9.97 Å². The Morgan fingerprint density at radius 2 is 2.50 bits per heavy atom. The van der Waals surface area contributed by atoms with Gasteiger partial charge in [0.1, 0.15) is 0 Å². The Hall–Kier alpha value is -1.09. The van der Waals surface area contributed by atoms with Crippen LogP contribution in [0.25, 0.3) is 11.3 Å². The second-order valence-electron chi connectivity index (χ2n) is 1.97. The van der Waals surface area contributed by atoms with Crippen molar-refractivity contribution in [3.05, 3.63) is 29.4 Å². The van der Waals surface area contributed by atoms with E-state index in [0.29, 0.717) is 0 Å². The molecule has 0 amide bonds. The molecule has 2 nitrogen and oxygen atoms in total. The van der Waals surface area contributed by atoms with Crippen molar-refractivity contribution in [3.8, 4) is 11.3 Å². The summed E-state index contributed by atoms with van der Waals surface area (Å²) in [5.41, 5.74) is 4.04. The molecule has 1 N–H and O–H groups in total. The zero-order valence-corrected chi connectivity index (χ0v) is 6.06. The second-order valence-corrected chi connectivity index (χ2v) is 2.69. The highest BCUT2D eigenvalue weighted by molar-refractivity contribution is 7.07. The molecule has 2 aromatic rings. The van der Waals surface area contributed by atoms with Crippen LogP contribution < -0.4 is 0 Å². The summed E-state index contributed by atoms with van der Waals surface area (Å²) in [6, 6.07) is 2.01. The molecule has 2 rings (SSSR count). The largest absolute Gasteiger partial charge is 0.367 e. The van der Waals surface area contributed by atoms with Gasteiger partial charge in [0.05, 0.1) is 11.2 Å². The molecule has 0 unspecified atom stereocenters. The molecule has 3 heteroatoms. The summed E-state index contributed by atoms with van der Waals surface area (Å²) in [5, 5.41) is 2.03. The van der Waals surface area contributed by atoms with Gasteiger partial charge in [-0.05, 0) is 6.07 Å². The minimum absolute atomic E-state index is 1.05. The molecule has 0 radical (unpaired) electrons. The summed E-state index contributed by atoms with van der Waals surface area (Å²) in [6.07, 6.45) is 3.84. The Bertz CT molecular complexity index is 251. The highest BCUT2D eigenvalue weighted by Crippen LogP contribution is 2.16. The van der Waals surface area contributed by atoms with Gasteiger partial charge in [0.2, 0.25) is 0 Å². The summed E-state index contributed by atoms with van der Waals surface area (Å²) in [7, 11) is 0. The molecule has 0 aliphatic heterocycles. The fourth-order valence-corrected chi connectivity index (χ4v) is 1.40. The lowest BCUT2D eigenvalue weighted by Crippen LogP contribution is -1.68. The number of aromatic amines is 1. The van der Waals surface area contributed by atoms with Gasteiger partial charge in [-0.1, -0.05) is 0 Å². The van der Waals surface area contributed by atoms with E-state index in [1.165, 1.54) is 0 Å². The van der Waals surface area contributed by atoms with Crippen molar-refractivity contribution in [3.63, 3.8) is 0 Å². The van der Waals surface area contributed by atoms with Crippen molar-refractivity contribution < 1.29 is 0 Å². The average Bonchev–Trinajstić information content (AvgIpc) is 2.59.